The van der Waals surface area contributed by atoms with Gasteiger partial charge < -0.3 is 36.4 Å². The summed E-state index contributed by atoms with van der Waals surface area (Å²) in [6, 6.07) is 0. The van der Waals surface area contributed by atoms with Gasteiger partial charge in [0.2, 0.25) is 0 Å². The Hall–Kier alpha value is -0.480. The van der Waals surface area contributed by atoms with E-state index in [1.165, 1.54) is 12.8 Å². The number of carboxylic acid groups (broad SMARTS) is 1. The number of rotatable bonds is 10. The number of hydrogen-bond donors (Lipinski definition) is 7. The van der Waals surface area contributed by atoms with Crippen LogP contribution in [-0.2, 0) is 4.79 Å². The Labute approximate surface area is 128 Å². The van der Waals surface area contributed by atoms with E-state index in [4.69, 9.17) is 48.0 Å². The van der Waals surface area contributed by atoms with Crippen molar-refractivity contribution in [1.29, 1.82) is 0 Å². The summed E-state index contributed by atoms with van der Waals surface area (Å²) in [6.07, 6.45) is -3.07. The highest BCUT2D eigenvalue weighted by Crippen LogP contribution is 2.04. The van der Waals surface area contributed by atoms with Gasteiger partial charge in [0.1, 0.15) is 18.3 Å². The number of carbonyl (C=O) groups is 1. The van der Waals surface area contributed by atoms with Crippen LogP contribution in [0.1, 0.15) is 25.7 Å². The quantitative estimate of drug-likeness (QED) is 0.183. The molecule has 0 aliphatic carbocycles. The Balaban J connectivity index is 0. The normalized spacial score (nSPS) is 16.3. The summed E-state index contributed by atoms with van der Waals surface area (Å²) in [5.74, 6) is -0.929. The summed E-state index contributed by atoms with van der Waals surface area (Å²) < 4.78 is 0. The minimum Gasteiger partial charge on any atom is -0.479 e. The van der Waals surface area contributed by atoms with E-state index in [0.29, 0.717) is 0 Å². The Morgan fingerprint density at radius 1 is 1.00 bits per heavy atom. The topological polar surface area (TPSA) is 164 Å². The predicted octanol–water partition coefficient (Wildman–Crippen LogP) is -1.75. The summed E-state index contributed by atoms with van der Waals surface area (Å²) in [5, 5.41) is 51.8. The van der Waals surface area contributed by atoms with Crippen molar-refractivity contribution in [2.24, 2.45) is 5.73 Å². The molecule has 0 bridgehead atoms. The maximum atomic E-state index is 10.1. The van der Waals surface area contributed by atoms with Gasteiger partial charge in [-0.1, -0.05) is 12.8 Å². The Morgan fingerprint density at radius 2 is 1.52 bits per heavy atom. The van der Waals surface area contributed by atoms with Gasteiger partial charge in [-0.15, -0.1) is 11.6 Å². The highest BCUT2D eigenvalue weighted by Gasteiger charge is 2.33. The van der Waals surface area contributed by atoms with Gasteiger partial charge in [-0.2, -0.15) is 0 Å². The fourth-order valence-electron chi connectivity index (χ4n) is 1.26. The molecule has 21 heavy (non-hydrogen) atoms. The van der Waals surface area contributed by atoms with E-state index in [9.17, 15) is 4.79 Å². The van der Waals surface area contributed by atoms with E-state index in [0.717, 1.165) is 25.3 Å². The molecule has 0 aliphatic heterocycles. The molecule has 0 aliphatic rings. The van der Waals surface area contributed by atoms with Crippen molar-refractivity contribution in [2.45, 2.75) is 50.1 Å². The molecule has 0 rings (SSSR count). The van der Waals surface area contributed by atoms with Crippen LogP contribution in [0.5, 0.6) is 0 Å². The van der Waals surface area contributed by atoms with Crippen LogP contribution in [-0.4, -0.2) is 80.1 Å². The molecule has 128 valence electrons. The molecule has 0 amide bonds. The molecule has 0 spiro atoms. The molecule has 4 atom stereocenters. The smallest absolute Gasteiger partial charge is 0.335 e. The Morgan fingerprint density at radius 3 is 1.90 bits per heavy atom. The first-order valence-electron chi connectivity index (χ1n) is 6.65. The molecule has 0 fully saturated rings. The van der Waals surface area contributed by atoms with Crippen LogP contribution in [0.2, 0.25) is 0 Å². The van der Waals surface area contributed by atoms with Crippen LogP contribution in [0.4, 0.5) is 0 Å². The molecule has 0 saturated heterocycles. The van der Waals surface area contributed by atoms with Gasteiger partial charge in [0.15, 0.2) is 6.10 Å². The zero-order chi connectivity index (χ0) is 16.8. The summed E-state index contributed by atoms with van der Waals surface area (Å²) in [4.78, 5) is 10.1. The number of aliphatic hydroxyl groups is 5. The van der Waals surface area contributed by atoms with Crippen LogP contribution >= 0.6 is 11.6 Å². The van der Waals surface area contributed by atoms with E-state index >= 15 is 0 Å². The lowest BCUT2D eigenvalue weighted by Crippen LogP contribution is -2.48. The van der Waals surface area contributed by atoms with Crippen molar-refractivity contribution in [3.8, 4) is 0 Å². The first kappa shape index (κ1) is 22.8. The molecule has 0 saturated carbocycles. The number of nitrogens with two attached hydrogens (primary N) is 1. The average molecular weight is 332 g/mol. The lowest BCUT2D eigenvalue weighted by molar-refractivity contribution is -0.164. The van der Waals surface area contributed by atoms with Crippen molar-refractivity contribution >= 4 is 17.6 Å². The summed E-state index contributed by atoms with van der Waals surface area (Å²) >= 11 is 5.45. The molecule has 4 unspecified atom stereocenters. The fourth-order valence-corrected chi connectivity index (χ4v) is 1.45. The molecule has 9 heteroatoms. The van der Waals surface area contributed by atoms with Crippen LogP contribution in [0.15, 0.2) is 0 Å². The third-order valence-electron chi connectivity index (χ3n) is 2.60. The van der Waals surface area contributed by atoms with Gasteiger partial charge >= 0.3 is 5.97 Å². The average Bonchev–Trinajstić information content (AvgIpc) is 2.49. The van der Waals surface area contributed by atoms with Gasteiger partial charge in [-0.25, -0.2) is 4.79 Å². The fraction of sp³-hybridized carbons (Fsp3) is 0.917. The van der Waals surface area contributed by atoms with Crippen LogP contribution in [0.25, 0.3) is 0 Å². The van der Waals surface area contributed by atoms with Crippen LogP contribution in [0, 0.1) is 0 Å². The van der Waals surface area contributed by atoms with Crippen molar-refractivity contribution in [3.63, 3.8) is 0 Å². The van der Waals surface area contributed by atoms with E-state index < -0.39 is 37.0 Å². The van der Waals surface area contributed by atoms with Gasteiger partial charge in [0.25, 0.3) is 0 Å². The van der Waals surface area contributed by atoms with E-state index in [1.54, 1.807) is 0 Å². The number of carboxylic acids is 1. The number of alkyl halides is 1. The molecular weight excluding hydrogens is 306 g/mol. The molecule has 0 heterocycles. The van der Waals surface area contributed by atoms with E-state index in [2.05, 4.69) is 0 Å². The van der Waals surface area contributed by atoms with Gasteiger partial charge in [0, 0.05) is 5.88 Å². The molecule has 0 radical (unpaired) electrons. The third kappa shape index (κ3) is 11.8. The Kier molecular flexibility index (Phi) is 15.7. The standard InChI is InChI=1S/C6H14ClN.C6H12O7/c7-5-3-1-2-4-6-8;7-1-2(8)3(9)4(10)5(11)6(12)13/h1-6,8H2;2-5,7-11H,1H2,(H,12,13). The Bertz CT molecular complexity index is 252. The third-order valence-corrected chi connectivity index (χ3v) is 2.86. The second-order valence-corrected chi connectivity index (χ2v) is 4.78. The SMILES string of the molecule is NCCCCCCCl.O=C(O)C(O)C(O)C(O)C(O)CO. The van der Waals surface area contributed by atoms with Crippen LogP contribution in [0.3, 0.4) is 0 Å². The molecule has 0 aromatic carbocycles. The maximum absolute atomic E-state index is 10.1. The molecular formula is C12H26ClNO7. The molecule has 8 nitrogen and oxygen atoms in total. The monoisotopic (exact) mass is 331 g/mol. The zero-order valence-electron chi connectivity index (χ0n) is 11.8. The zero-order valence-corrected chi connectivity index (χ0v) is 12.6. The summed E-state index contributed by atoms with van der Waals surface area (Å²) in [7, 11) is 0. The molecule has 0 aromatic rings. The number of hydrogen-bond acceptors (Lipinski definition) is 7. The second kappa shape index (κ2) is 14.5. The van der Waals surface area contributed by atoms with Crippen molar-refractivity contribution in [2.75, 3.05) is 19.0 Å². The highest BCUT2D eigenvalue weighted by molar-refractivity contribution is 6.17. The summed E-state index contributed by atoms with van der Waals surface area (Å²) in [6.45, 7) is -0.0210. The van der Waals surface area contributed by atoms with Gasteiger partial charge in [0.05, 0.1) is 6.61 Å². The largest absolute Gasteiger partial charge is 0.479 e. The number of halogens is 1. The predicted molar refractivity (Wildman–Crippen MR) is 77.0 cm³/mol. The number of aliphatic hydroxyl groups excluding tert-OH is 5. The highest BCUT2D eigenvalue weighted by atomic mass is 35.5. The first-order chi connectivity index (χ1) is 9.83. The number of aliphatic carboxylic acids is 1. The molecule has 8 N–H and O–H groups in total. The van der Waals surface area contributed by atoms with E-state index in [-0.39, 0.29) is 0 Å². The lowest BCUT2D eigenvalue weighted by Gasteiger charge is -2.23. The second-order valence-electron chi connectivity index (χ2n) is 4.41. The van der Waals surface area contributed by atoms with Crippen molar-refractivity contribution in [3.05, 3.63) is 0 Å². The van der Waals surface area contributed by atoms with Gasteiger partial charge in [-0.05, 0) is 19.4 Å². The minimum atomic E-state index is -2.20. The van der Waals surface area contributed by atoms with Gasteiger partial charge in [-0.3, -0.25) is 0 Å². The van der Waals surface area contributed by atoms with Crippen molar-refractivity contribution in [1.82, 2.24) is 0 Å². The summed E-state index contributed by atoms with van der Waals surface area (Å²) in [5.41, 5.74) is 5.28. The lowest BCUT2D eigenvalue weighted by atomic mass is 10.0. The van der Waals surface area contributed by atoms with E-state index in [1.807, 2.05) is 0 Å². The molecule has 0 aromatic heterocycles. The maximum Gasteiger partial charge on any atom is 0.335 e. The first-order valence-corrected chi connectivity index (χ1v) is 7.18. The van der Waals surface area contributed by atoms with Crippen molar-refractivity contribution < 1.29 is 35.4 Å². The minimum absolute atomic E-state index is 0.796. The number of unbranched alkanes of at least 4 members (excludes halogenated alkanes) is 3. The van der Waals surface area contributed by atoms with Crippen LogP contribution < -0.4 is 5.73 Å².